The highest BCUT2D eigenvalue weighted by Crippen LogP contribution is 2.45. The van der Waals surface area contributed by atoms with Crippen molar-refractivity contribution in [1.82, 2.24) is 0 Å². The number of hydrogen-bond acceptors (Lipinski definition) is 6. The lowest BCUT2D eigenvalue weighted by atomic mass is 9.89. The molecule has 0 saturated heterocycles. The summed E-state index contributed by atoms with van der Waals surface area (Å²) in [5.41, 5.74) is 6.71. The van der Waals surface area contributed by atoms with Crippen LogP contribution in [0.2, 0.25) is 0 Å². The Labute approximate surface area is 196 Å². The lowest BCUT2D eigenvalue weighted by molar-refractivity contribution is -0.143. The maximum Gasteiger partial charge on any atom is 0.308 e. The van der Waals surface area contributed by atoms with Crippen LogP contribution in [0.3, 0.4) is 0 Å². The van der Waals surface area contributed by atoms with Crippen LogP contribution in [-0.2, 0) is 28.9 Å². The van der Waals surface area contributed by atoms with Crippen molar-refractivity contribution < 1.29 is 24.5 Å². The zero-order valence-corrected chi connectivity index (χ0v) is 20.4. The Bertz CT molecular complexity index is 970. The molecule has 180 valence electrons. The minimum Gasteiger partial charge on any atom is -0.487 e. The second-order valence-corrected chi connectivity index (χ2v) is 9.65. The summed E-state index contributed by atoms with van der Waals surface area (Å²) in [4.78, 5) is 11.4. The number of aliphatic hydroxyl groups is 2. The summed E-state index contributed by atoms with van der Waals surface area (Å²) < 4.78 is 11.0. The molecule has 6 heteroatoms. The molecule has 0 aromatic heterocycles. The third-order valence-corrected chi connectivity index (χ3v) is 6.40. The molecule has 1 heterocycles. The molecule has 3 N–H and O–H groups in total. The van der Waals surface area contributed by atoms with E-state index in [-0.39, 0.29) is 18.4 Å². The average Bonchev–Trinajstić information content (AvgIpc) is 3.09. The topological polar surface area (TPSA) is 88.0 Å². The standard InChI is InChI=1S/C27H37NO5/c1-17-22(12-11-20(29)13-21(30)14-24(31)32-5)26-23(15-27(3,4)33-26)18(2)25(17)28-16-19-9-7-6-8-10-19/h6-10,20-21,28-30H,11-16H2,1-5H3. The SMILES string of the molecule is COC(=O)CC(O)CC(O)CCc1c(C)c(NCc2ccccc2)c(C)c2c1OC(C)(C)C2. The van der Waals surface area contributed by atoms with Gasteiger partial charge in [0.1, 0.15) is 11.4 Å². The van der Waals surface area contributed by atoms with Gasteiger partial charge in [0.05, 0.1) is 25.7 Å². The monoisotopic (exact) mass is 455 g/mol. The molecule has 2 aromatic carbocycles. The van der Waals surface area contributed by atoms with Gasteiger partial charge in [-0.1, -0.05) is 30.3 Å². The van der Waals surface area contributed by atoms with E-state index in [0.717, 1.165) is 35.5 Å². The van der Waals surface area contributed by atoms with Gasteiger partial charge in [-0.25, -0.2) is 0 Å². The summed E-state index contributed by atoms with van der Waals surface area (Å²) in [6.07, 6.45) is 0.298. The largest absolute Gasteiger partial charge is 0.487 e. The number of ether oxygens (including phenoxy) is 2. The van der Waals surface area contributed by atoms with Gasteiger partial charge in [-0.3, -0.25) is 4.79 Å². The highest BCUT2D eigenvalue weighted by Gasteiger charge is 2.35. The quantitative estimate of drug-likeness (QED) is 0.465. The summed E-state index contributed by atoms with van der Waals surface area (Å²) in [5.74, 6) is 0.453. The molecular formula is C27H37NO5. The van der Waals surface area contributed by atoms with Crippen LogP contribution in [0, 0.1) is 13.8 Å². The molecule has 0 bridgehead atoms. The summed E-state index contributed by atoms with van der Waals surface area (Å²) in [7, 11) is 1.29. The van der Waals surface area contributed by atoms with E-state index in [1.807, 2.05) is 18.2 Å². The van der Waals surface area contributed by atoms with E-state index in [9.17, 15) is 15.0 Å². The predicted molar refractivity (Wildman–Crippen MR) is 130 cm³/mol. The zero-order chi connectivity index (χ0) is 24.2. The lowest BCUT2D eigenvalue weighted by Crippen LogP contribution is -2.25. The normalized spacial score (nSPS) is 16.0. The number of carbonyl (C=O) groups excluding carboxylic acids is 1. The number of anilines is 1. The molecule has 0 saturated carbocycles. The number of nitrogens with one attached hydrogen (secondary N) is 1. The molecule has 0 amide bonds. The molecule has 0 aliphatic carbocycles. The number of esters is 1. The Hall–Kier alpha value is -2.57. The first kappa shape index (κ1) is 25.1. The van der Waals surface area contributed by atoms with Crippen molar-refractivity contribution >= 4 is 11.7 Å². The molecule has 6 nitrogen and oxygen atoms in total. The van der Waals surface area contributed by atoms with Crippen molar-refractivity contribution in [2.45, 2.75) is 84.2 Å². The van der Waals surface area contributed by atoms with Crippen LogP contribution in [0.5, 0.6) is 5.75 Å². The number of hydrogen-bond donors (Lipinski definition) is 3. The number of rotatable bonds is 10. The van der Waals surface area contributed by atoms with Crippen molar-refractivity contribution in [1.29, 1.82) is 0 Å². The Kier molecular flexibility index (Phi) is 8.03. The smallest absolute Gasteiger partial charge is 0.308 e. The van der Waals surface area contributed by atoms with Crippen molar-refractivity contribution in [3.63, 3.8) is 0 Å². The van der Waals surface area contributed by atoms with Gasteiger partial charge in [0, 0.05) is 24.2 Å². The fourth-order valence-electron chi connectivity index (χ4n) is 4.63. The first-order valence-corrected chi connectivity index (χ1v) is 11.7. The fourth-order valence-corrected chi connectivity index (χ4v) is 4.63. The van der Waals surface area contributed by atoms with Crippen LogP contribution in [0.25, 0.3) is 0 Å². The van der Waals surface area contributed by atoms with Crippen molar-refractivity contribution in [2.24, 2.45) is 0 Å². The Morgan fingerprint density at radius 3 is 2.52 bits per heavy atom. The van der Waals surface area contributed by atoms with Crippen LogP contribution in [0.15, 0.2) is 30.3 Å². The first-order chi connectivity index (χ1) is 15.6. The number of benzene rings is 2. The number of carbonyl (C=O) groups is 1. The van der Waals surface area contributed by atoms with Crippen molar-refractivity contribution in [3.05, 3.63) is 58.1 Å². The van der Waals surface area contributed by atoms with Gasteiger partial charge < -0.3 is 25.0 Å². The molecule has 2 unspecified atom stereocenters. The molecule has 2 atom stereocenters. The van der Waals surface area contributed by atoms with Gasteiger partial charge in [0.25, 0.3) is 0 Å². The molecule has 0 spiro atoms. The number of fused-ring (bicyclic) bond motifs is 1. The van der Waals surface area contributed by atoms with E-state index in [4.69, 9.17) is 4.74 Å². The van der Waals surface area contributed by atoms with Gasteiger partial charge in [-0.05, 0) is 69.2 Å². The zero-order valence-electron chi connectivity index (χ0n) is 20.4. The van der Waals surface area contributed by atoms with Gasteiger partial charge >= 0.3 is 5.97 Å². The van der Waals surface area contributed by atoms with E-state index in [1.54, 1.807) is 0 Å². The van der Waals surface area contributed by atoms with Gasteiger partial charge in [-0.15, -0.1) is 0 Å². The summed E-state index contributed by atoms with van der Waals surface area (Å²) >= 11 is 0. The second kappa shape index (κ2) is 10.6. The average molecular weight is 456 g/mol. The highest BCUT2D eigenvalue weighted by molar-refractivity contribution is 5.70. The van der Waals surface area contributed by atoms with Gasteiger partial charge in [0.2, 0.25) is 0 Å². The lowest BCUT2D eigenvalue weighted by Gasteiger charge is -2.22. The number of methoxy groups -OCH3 is 1. The highest BCUT2D eigenvalue weighted by atomic mass is 16.5. The van der Waals surface area contributed by atoms with E-state index in [0.29, 0.717) is 12.8 Å². The van der Waals surface area contributed by atoms with E-state index in [1.165, 1.54) is 23.8 Å². The van der Waals surface area contributed by atoms with Crippen LogP contribution < -0.4 is 10.1 Å². The molecular weight excluding hydrogens is 418 g/mol. The maximum absolute atomic E-state index is 11.4. The molecule has 3 rings (SSSR count). The minimum atomic E-state index is -0.921. The maximum atomic E-state index is 11.4. The number of aliphatic hydroxyl groups excluding tert-OH is 2. The van der Waals surface area contributed by atoms with Gasteiger partial charge in [-0.2, -0.15) is 0 Å². The van der Waals surface area contributed by atoms with E-state index in [2.05, 4.69) is 49.9 Å². The molecule has 0 radical (unpaired) electrons. The molecule has 33 heavy (non-hydrogen) atoms. The molecule has 2 aromatic rings. The predicted octanol–water partition coefficient (Wildman–Crippen LogP) is 4.24. The van der Waals surface area contributed by atoms with E-state index < -0.39 is 18.2 Å². The summed E-state index contributed by atoms with van der Waals surface area (Å²) in [6, 6.07) is 10.3. The van der Waals surface area contributed by atoms with Gasteiger partial charge in [0.15, 0.2) is 0 Å². The van der Waals surface area contributed by atoms with Crippen LogP contribution in [0.1, 0.15) is 60.9 Å². The minimum absolute atomic E-state index is 0.114. The summed E-state index contributed by atoms with van der Waals surface area (Å²) in [5, 5.41) is 24.2. The van der Waals surface area contributed by atoms with E-state index >= 15 is 0 Å². The van der Waals surface area contributed by atoms with Crippen LogP contribution in [-0.4, -0.2) is 41.1 Å². The van der Waals surface area contributed by atoms with Crippen molar-refractivity contribution in [3.8, 4) is 5.75 Å². The Balaban J connectivity index is 1.80. The third-order valence-electron chi connectivity index (χ3n) is 6.40. The third kappa shape index (κ3) is 6.27. The Morgan fingerprint density at radius 1 is 1.15 bits per heavy atom. The Morgan fingerprint density at radius 2 is 1.85 bits per heavy atom. The first-order valence-electron chi connectivity index (χ1n) is 11.7. The van der Waals surface area contributed by atoms with Crippen LogP contribution >= 0.6 is 0 Å². The summed E-state index contributed by atoms with van der Waals surface area (Å²) in [6.45, 7) is 9.17. The molecule has 0 fully saturated rings. The fraction of sp³-hybridized carbons (Fsp3) is 0.519. The molecule has 1 aliphatic rings. The molecule has 1 aliphatic heterocycles. The van der Waals surface area contributed by atoms with Crippen molar-refractivity contribution in [2.75, 3.05) is 12.4 Å². The van der Waals surface area contributed by atoms with Crippen LogP contribution in [0.4, 0.5) is 5.69 Å². The second-order valence-electron chi connectivity index (χ2n) is 9.65.